The Labute approximate surface area is 308 Å². The quantitative estimate of drug-likeness (QED) is 0.163. The summed E-state index contributed by atoms with van der Waals surface area (Å²) in [6.07, 6.45) is 0. The van der Waals surface area contributed by atoms with Gasteiger partial charge in [0.05, 0.1) is 0 Å². The number of para-hydroxylation sites is 1. The Bertz CT molecular complexity index is 2950. The lowest BCUT2D eigenvalue weighted by Gasteiger charge is -2.26. The van der Waals surface area contributed by atoms with Gasteiger partial charge in [-0.05, 0) is 116 Å². The van der Waals surface area contributed by atoms with Crippen LogP contribution in [0.2, 0.25) is 0 Å². The van der Waals surface area contributed by atoms with Crippen LogP contribution in [0.25, 0.3) is 76.9 Å². The molecule has 0 saturated carbocycles. The molecule has 10 aromatic rings. The molecule has 0 bridgehead atoms. The molecule has 0 saturated heterocycles. The van der Waals surface area contributed by atoms with Crippen LogP contribution < -0.4 is 4.90 Å². The van der Waals surface area contributed by atoms with Gasteiger partial charge in [-0.25, -0.2) is 0 Å². The van der Waals surface area contributed by atoms with E-state index in [1.54, 1.807) is 0 Å². The van der Waals surface area contributed by atoms with Crippen molar-refractivity contribution in [3.05, 3.63) is 200 Å². The van der Waals surface area contributed by atoms with E-state index in [2.05, 4.69) is 194 Å². The van der Waals surface area contributed by atoms with Crippen molar-refractivity contribution in [3.8, 4) is 33.6 Å². The molecule has 0 spiro atoms. The first kappa shape index (κ1) is 30.9. The zero-order valence-corrected chi connectivity index (χ0v) is 29.3. The average molecular weight is 678 g/mol. The second kappa shape index (κ2) is 12.7. The summed E-state index contributed by atoms with van der Waals surface area (Å²) in [5.41, 5.74) is 11.2. The lowest BCUT2D eigenvalue weighted by atomic mass is 9.97. The zero-order valence-electron chi connectivity index (χ0n) is 29.3. The highest BCUT2D eigenvalue weighted by Crippen LogP contribution is 2.40. The Morgan fingerprint density at radius 3 is 1.64 bits per heavy atom. The van der Waals surface area contributed by atoms with Crippen LogP contribution >= 0.6 is 0 Å². The van der Waals surface area contributed by atoms with E-state index in [0.29, 0.717) is 0 Å². The lowest BCUT2D eigenvalue weighted by molar-refractivity contribution is 0.629. The molecule has 0 aliphatic rings. The third kappa shape index (κ3) is 5.53. The molecule has 0 radical (unpaired) electrons. The van der Waals surface area contributed by atoms with Crippen molar-refractivity contribution >= 4 is 60.3 Å². The van der Waals surface area contributed by atoms with E-state index in [9.17, 15) is 0 Å². The molecule has 9 aromatic carbocycles. The molecule has 1 aromatic heterocycles. The highest BCUT2D eigenvalue weighted by molar-refractivity contribution is 6.08. The Morgan fingerprint density at radius 2 is 0.887 bits per heavy atom. The maximum absolute atomic E-state index is 6.32. The minimum atomic E-state index is 0.919. The molecule has 53 heavy (non-hydrogen) atoms. The molecule has 2 heteroatoms. The van der Waals surface area contributed by atoms with Gasteiger partial charge >= 0.3 is 0 Å². The van der Waals surface area contributed by atoms with E-state index in [1.165, 1.54) is 49.0 Å². The van der Waals surface area contributed by atoms with Crippen LogP contribution in [0, 0.1) is 6.92 Å². The smallest absolute Gasteiger partial charge is 0.138 e. The van der Waals surface area contributed by atoms with Gasteiger partial charge in [0.2, 0.25) is 0 Å². The van der Waals surface area contributed by atoms with E-state index < -0.39 is 0 Å². The lowest BCUT2D eigenvalue weighted by Crippen LogP contribution is -2.09. The summed E-state index contributed by atoms with van der Waals surface area (Å²) in [7, 11) is 0. The maximum atomic E-state index is 6.32. The average Bonchev–Trinajstić information content (AvgIpc) is 3.57. The molecule has 0 unspecified atom stereocenters. The van der Waals surface area contributed by atoms with Crippen LogP contribution in [0.5, 0.6) is 0 Å². The van der Waals surface area contributed by atoms with Crippen LogP contribution in [0.15, 0.2) is 199 Å². The van der Waals surface area contributed by atoms with Crippen LogP contribution in [0.4, 0.5) is 17.1 Å². The van der Waals surface area contributed by atoms with Gasteiger partial charge in [0, 0.05) is 33.6 Å². The second-order valence-electron chi connectivity index (χ2n) is 13.8. The zero-order chi connectivity index (χ0) is 35.3. The Kier molecular flexibility index (Phi) is 7.40. The van der Waals surface area contributed by atoms with Crippen molar-refractivity contribution in [1.82, 2.24) is 0 Å². The summed E-state index contributed by atoms with van der Waals surface area (Å²) in [6, 6.07) is 69.9. The molecular weight excluding hydrogens is 643 g/mol. The number of anilines is 3. The van der Waals surface area contributed by atoms with Gasteiger partial charge in [0.25, 0.3) is 0 Å². The van der Waals surface area contributed by atoms with E-state index >= 15 is 0 Å². The van der Waals surface area contributed by atoms with E-state index in [0.717, 1.165) is 50.5 Å². The van der Waals surface area contributed by atoms with Crippen molar-refractivity contribution in [2.45, 2.75) is 6.92 Å². The highest BCUT2D eigenvalue weighted by Gasteiger charge is 2.16. The number of furan rings is 1. The predicted octanol–water partition coefficient (Wildman–Crippen LogP) is 14.7. The number of aryl methyl sites for hydroxylation is 1. The Balaban J connectivity index is 1.01. The van der Waals surface area contributed by atoms with Gasteiger partial charge in [-0.15, -0.1) is 0 Å². The number of hydrogen-bond acceptors (Lipinski definition) is 2. The van der Waals surface area contributed by atoms with Crippen LogP contribution in [-0.4, -0.2) is 0 Å². The Morgan fingerprint density at radius 1 is 0.340 bits per heavy atom. The van der Waals surface area contributed by atoms with E-state index in [-0.39, 0.29) is 0 Å². The third-order valence-electron chi connectivity index (χ3n) is 10.6. The first-order valence-corrected chi connectivity index (χ1v) is 18.2. The molecule has 10 rings (SSSR count). The van der Waals surface area contributed by atoms with Gasteiger partial charge in [-0.1, -0.05) is 140 Å². The highest BCUT2D eigenvalue weighted by atomic mass is 16.3. The first-order chi connectivity index (χ1) is 26.2. The fourth-order valence-corrected chi connectivity index (χ4v) is 7.85. The van der Waals surface area contributed by atoms with E-state index in [1.807, 2.05) is 12.1 Å². The van der Waals surface area contributed by atoms with Crippen molar-refractivity contribution < 1.29 is 4.42 Å². The number of fused-ring (bicyclic) bond motifs is 5. The van der Waals surface area contributed by atoms with Gasteiger partial charge < -0.3 is 9.32 Å². The number of hydrogen-bond donors (Lipinski definition) is 0. The molecule has 2 nitrogen and oxygen atoms in total. The van der Waals surface area contributed by atoms with Crippen molar-refractivity contribution in [1.29, 1.82) is 0 Å². The second-order valence-corrected chi connectivity index (χ2v) is 13.8. The minimum absolute atomic E-state index is 0.919. The molecule has 0 fully saturated rings. The van der Waals surface area contributed by atoms with Crippen molar-refractivity contribution in [2.75, 3.05) is 4.90 Å². The molecule has 0 amide bonds. The molecule has 0 atom stereocenters. The Hall–Kier alpha value is -6.90. The van der Waals surface area contributed by atoms with Crippen molar-refractivity contribution in [3.63, 3.8) is 0 Å². The standard InChI is InChI=1S/C51H35NO/c1-34-47-14-6-7-16-50(47)53-51(34)43-13-8-12-39(32-43)36-19-25-44(26-20-36)52(46-29-23-35-9-2-3-11-40(35)33-46)45-27-21-37(22-28-45)41-24-30-49-42(31-41)18-17-38-10-4-5-15-48(38)49/h2-33H,1H3. The summed E-state index contributed by atoms with van der Waals surface area (Å²) >= 11 is 0. The largest absolute Gasteiger partial charge is 0.456 e. The van der Waals surface area contributed by atoms with Gasteiger partial charge in [0.15, 0.2) is 0 Å². The van der Waals surface area contributed by atoms with Crippen LogP contribution in [0.1, 0.15) is 5.56 Å². The first-order valence-electron chi connectivity index (χ1n) is 18.2. The van der Waals surface area contributed by atoms with Gasteiger partial charge in [0.1, 0.15) is 11.3 Å². The normalized spacial score (nSPS) is 11.5. The monoisotopic (exact) mass is 677 g/mol. The minimum Gasteiger partial charge on any atom is -0.456 e. The fourth-order valence-electron chi connectivity index (χ4n) is 7.85. The summed E-state index contributed by atoms with van der Waals surface area (Å²) < 4.78 is 6.32. The topological polar surface area (TPSA) is 16.4 Å². The number of benzene rings is 9. The molecule has 1 heterocycles. The summed E-state index contributed by atoms with van der Waals surface area (Å²) in [6.45, 7) is 2.14. The third-order valence-corrected chi connectivity index (χ3v) is 10.6. The summed E-state index contributed by atoms with van der Waals surface area (Å²) in [5.74, 6) is 0.924. The molecule has 0 aliphatic heterocycles. The SMILES string of the molecule is Cc1c(-c2cccc(-c3ccc(N(c4ccc(-c5ccc6c(ccc7ccccc76)c5)cc4)c4ccc5ccccc5c4)cc3)c2)oc2ccccc12. The van der Waals surface area contributed by atoms with Gasteiger partial charge in [-0.3, -0.25) is 0 Å². The number of rotatable bonds is 6. The fraction of sp³-hybridized carbons (Fsp3) is 0.0196. The van der Waals surface area contributed by atoms with Crippen molar-refractivity contribution in [2.24, 2.45) is 0 Å². The maximum Gasteiger partial charge on any atom is 0.138 e. The number of nitrogens with zero attached hydrogens (tertiary/aromatic N) is 1. The van der Waals surface area contributed by atoms with Gasteiger partial charge in [-0.2, -0.15) is 0 Å². The molecular formula is C51H35NO. The predicted molar refractivity (Wildman–Crippen MR) is 224 cm³/mol. The molecule has 0 aliphatic carbocycles. The summed E-state index contributed by atoms with van der Waals surface area (Å²) in [4.78, 5) is 2.35. The van der Waals surface area contributed by atoms with Crippen LogP contribution in [-0.2, 0) is 0 Å². The van der Waals surface area contributed by atoms with E-state index in [4.69, 9.17) is 4.42 Å². The summed E-state index contributed by atoms with van der Waals surface area (Å²) in [5, 5.41) is 8.69. The molecule has 0 N–H and O–H groups in total. The van der Waals surface area contributed by atoms with Crippen LogP contribution in [0.3, 0.4) is 0 Å². The molecule has 250 valence electrons.